The van der Waals surface area contributed by atoms with Crippen molar-refractivity contribution in [2.24, 2.45) is 0 Å². The second-order valence-corrected chi connectivity index (χ2v) is 5.77. The third kappa shape index (κ3) is 2.33. The van der Waals surface area contributed by atoms with E-state index in [-0.39, 0.29) is 0 Å². The minimum atomic E-state index is 0.582. The maximum absolute atomic E-state index is 3.61. The van der Waals surface area contributed by atoms with Crippen molar-refractivity contribution in [3.05, 3.63) is 22.4 Å². The fourth-order valence-corrected chi connectivity index (χ4v) is 4.11. The molecule has 14 heavy (non-hydrogen) atoms. The first-order valence-electron chi connectivity index (χ1n) is 5.29. The maximum atomic E-state index is 3.61. The molecule has 0 saturated carbocycles. The second kappa shape index (κ2) is 5.19. The lowest BCUT2D eigenvalue weighted by Crippen LogP contribution is -2.28. The van der Waals surface area contributed by atoms with Crippen molar-refractivity contribution in [2.75, 3.05) is 12.3 Å². The Bertz CT molecular complexity index is 252. The van der Waals surface area contributed by atoms with Gasteiger partial charge in [0.2, 0.25) is 0 Å². The first kappa shape index (κ1) is 10.5. The van der Waals surface area contributed by atoms with E-state index in [1.54, 1.807) is 11.3 Å². The Balaban J connectivity index is 2.06. The summed E-state index contributed by atoms with van der Waals surface area (Å²) in [5.41, 5.74) is 1.48. The largest absolute Gasteiger partial charge is 0.309 e. The van der Waals surface area contributed by atoms with Gasteiger partial charge in [0.1, 0.15) is 0 Å². The van der Waals surface area contributed by atoms with Crippen molar-refractivity contribution in [1.82, 2.24) is 5.32 Å². The van der Waals surface area contributed by atoms with Gasteiger partial charge in [0.25, 0.3) is 0 Å². The Morgan fingerprint density at radius 3 is 3.14 bits per heavy atom. The van der Waals surface area contributed by atoms with Gasteiger partial charge in [0, 0.05) is 11.3 Å². The Morgan fingerprint density at radius 2 is 2.57 bits per heavy atom. The van der Waals surface area contributed by atoms with Crippen LogP contribution in [0.3, 0.4) is 0 Å². The van der Waals surface area contributed by atoms with Crippen molar-refractivity contribution in [2.45, 2.75) is 31.1 Å². The highest BCUT2D eigenvalue weighted by Crippen LogP contribution is 2.36. The molecule has 0 aromatic carbocycles. The summed E-state index contributed by atoms with van der Waals surface area (Å²) in [6.07, 6.45) is 2.76. The molecule has 0 radical (unpaired) electrons. The number of thiophene rings is 1. The highest BCUT2D eigenvalue weighted by Gasteiger charge is 2.26. The van der Waals surface area contributed by atoms with Gasteiger partial charge in [-0.25, -0.2) is 0 Å². The van der Waals surface area contributed by atoms with Crippen molar-refractivity contribution >= 4 is 23.1 Å². The van der Waals surface area contributed by atoms with Gasteiger partial charge in [-0.05, 0) is 47.5 Å². The van der Waals surface area contributed by atoms with E-state index in [0.29, 0.717) is 6.04 Å². The van der Waals surface area contributed by atoms with E-state index in [0.717, 1.165) is 11.8 Å². The number of hydrogen-bond acceptors (Lipinski definition) is 3. The molecule has 1 saturated heterocycles. The average Bonchev–Trinajstić information content (AvgIpc) is 2.87. The van der Waals surface area contributed by atoms with E-state index in [9.17, 15) is 0 Å². The van der Waals surface area contributed by atoms with E-state index >= 15 is 0 Å². The SMILES string of the molecule is CCNC(c1ccsc1)C1CCCS1. The van der Waals surface area contributed by atoms with Crippen LogP contribution in [0, 0.1) is 0 Å². The smallest absolute Gasteiger partial charge is 0.0448 e. The molecule has 2 atom stereocenters. The molecule has 2 unspecified atom stereocenters. The number of rotatable bonds is 4. The molecular formula is C11H17NS2. The summed E-state index contributed by atoms with van der Waals surface area (Å²) in [6.45, 7) is 3.26. The number of thioether (sulfide) groups is 1. The molecule has 78 valence electrons. The van der Waals surface area contributed by atoms with E-state index in [2.05, 4.69) is 40.8 Å². The van der Waals surface area contributed by atoms with Gasteiger partial charge in [-0.1, -0.05) is 6.92 Å². The number of hydrogen-bond donors (Lipinski definition) is 1. The molecule has 3 heteroatoms. The van der Waals surface area contributed by atoms with Crippen LogP contribution >= 0.6 is 23.1 Å². The minimum absolute atomic E-state index is 0.582. The van der Waals surface area contributed by atoms with E-state index < -0.39 is 0 Å². The van der Waals surface area contributed by atoms with Gasteiger partial charge in [0.15, 0.2) is 0 Å². The van der Waals surface area contributed by atoms with Crippen LogP contribution in [0.4, 0.5) is 0 Å². The van der Waals surface area contributed by atoms with Gasteiger partial charge in [-0.15, -0.1) is 0 Å². The Morgan fingerprint density at radius 1 is 1.64 bits per heavy atom. The highest BCUT2D eigenvalue weighted by atomic mass is 32.2. The lowest BCUT2D eigenvalue weighted by molar-refractivity contribution is 0.520. The standard InChI is InChI=1S/C11H17NS2/c1-2-12-11(9-5-7-13-8-9)10-4-3-6-14-10/h5,7-8,10-12H,2-4,6H2,1H3. The zero-order valence-electron chi connectivity index (χ0n) is 8.53. The summed E-state index contributed by atoms with van der Waals surface area (Å²) < 4.78 is 0. The van der Waals surface area contributed by atoms with Crippen LogP contribution in [-0.4, -0.2) is 17.5 Å². The van der Waals surface area contributed by atoms with Crippen LogP contribution in [0.5, 0.6) is 0 Å². The van der Waals surface area contributed by atoms with Crippen molar-refractivity contribution in [3.63, 3.8) is 0 Å². The highest BCUT2D eigenvalue weighted by molar-refractivity contribution is 8.00. The van der Waals surface area contributed by atoms with Crippen LogP contribution in [0.1, 0.15) is 31.4 Å². The molecule has 1 fully saturated rings. The predicted molar refractivity (Wildman–Crippen MR) is 66.2 cm³/mol. The lowest BCUT2D eigenvalue weighted by Gasteiger charge is -2.22. The Kier molecular flexibility index (Phi) is 3.90. The molecule has 2 rings (SSSR count). The minimum Gasteiger partial charge on any atom is -0.309 e. The van der Waals surface area contributed by atoms with Crippen molar-refractivity contribution in [3.8, 4) is 0 Å². The van der Waals surface area contributed by atoms with Crippen molar-refractivity contribution < 1.29 is 0 Å². The lowest BCUT2D eigenvalue weighted by atomic mass is 10.0. The van der Waals surface area contributed by atoms with Gasteiger partial charge in [0.05, 0.1) is 0 Å². The quantitative estimate of drug-likeness (QED) is 0.847. The maximum Gasteiger partial charge on any atom is 0.0448 e. The normalized spacial score (nSPS) is 23.9. The Hall–Kier alpha value is 0.01000. The molecule has 1 aromatic heterocycles. The van der Waals surface area contributed by atoms with Gasteiger partial charge in [-0.3, -0.25) is 0 Å². The third-order valence-electron chi connectivity index (χ3n) is 2.66. The first-order chi connectivity index (χ1) is 6.92. The van der Waals surface area contributed by atoms with Crippen LogP contribution in [-0.2, 0) is 0 Å². The molecule has 2 heterocycles. The van der Waals surface area contributed by atoms with Crippen LogP contribution in [0.2, 0.25) is 0 Å². The summed E-state index contributed by atoms with van der Waals surface area (Å²) in [4.78, 5) is 0. The van der Waals surface area contributed by atoms with Gasteiger partial charge < -0.3 is 5.32 Å². The van der Waals surface area contributed by atoms with Crippen LogP contribution in [0.25, 0.3) is 0 Å². The van der Waals surface area contributed by atoms with E-state index in [4.69, 9.17) is 0 Å². The zero-order chi connectivity index (χ0) is 9.80. The summed E-state index contributed by atoms with van der Waals surface area (Å²) in [6, 6.07) is 2.84. The van der Waals surface area contributed by atoms with Crippen LogP contribution < -0.4 is 5.32 Å². The molecule has 1 aliphatic rings. The van der Waals surface area contributed by atoms with E-state index in [1.807, 2.05) is 0 Å². The summed E-state index contributed by atoms with van der Waals surface area (Å²) in [7, 11) is 0. The summed E-state index contributed by atoms with van der Waals surface area (Å²) in [5, 5.41) is 8.87. The molecule has 0 spiro atoms. The first-order valence-corrected chi connectivity index (χ1v) is 7.28. The monoisotopic (exact) mass is 227 g/mol. The molecule has 1 aliphatic heterocycles. The molecule has 1 N–H and O–H groups in total. The topological polar surface area (TPSA) is 12.0 Å². The summed E-state index contributed by atoms with van der Waals surface area (Å²) in [5.74, 6) is 1.34. The van der Waals surface area contributed by atoms with Crippen molar-refractivity contribution in [1.29, 1.82) is 0 Å². The van der Waals surface area contributed by atoms with Crippen LogP contribution in [0.15, 0.2) is 16.8 Å². The van der Waals surface area contributed by atoms with Gasteiger partial charge >= 0.3 is 0 Å². The fraction of sp³-hybridized carbons (Fsp3) is 0.636. The molecule has 1 aromatic rings. The summed E-state index contributed by atoms with van der Waals surface area (Å²) >= 11 is 3.93. The molecule has 0 amide bonds. The molecule has 0 aliphatic carbocycles. The predicted octanol–water partition coefficient (Wildman–Crippen LogP) is 3.29. The molecule has 1 nitrogen and oxygen atoms in total. The number of nitrogens with one attached hydrogen (secondary N) is 1. The Labute approximate surface area is 94.3 Å². The zero-order valence-corrected chi connectivity index (χ0v) is 10.2. The molecule has 0 bridgehead atoms. The third-order valence-corrected chi connectivity index (χ3v) is 4.82. The fourth-order valence-electron chi connectivity index (χ4n) is 2.00. The second-order valence-electron chi connectivity index (χ2n) is 3.64. The molecular weight excluding hydrogens is 210 g/mol. The average molecular weight is 227 g/mol. The van der Waals surface area contributed by atoms with Gasteiger partial charge in [-0.2, -0.15) is 23.1 Å². The van der Waals surface area contributed by atoms with E-state index in [1.165, 1.54) is 24.2 Å².